The SMILES string of the molecule is CCCCCCOc1ccc(C(=O)C(C)CN2CCNCC2)cc1. The van der Waals surface area contributed by atoms with E-state index in [1.165, 1.54) is 19.3 Å². The number of ether oxygens (including phenoxy) is 1. The quantitative estimate of drug-likeness (QED) is 0.527. The molecule has 0 amide bonds. The molecular formula is C20H32N2O2. The van der Waals surface area contributed by atoms with Crippen molar-refractivity contribution in [3.8, 4) is 5.75 Å². The van der Waals surface area contributed by atoms with E-state index in [1.807, 2.05) is 31.2 Å². The van der Waals surface area contributed by atoms with Crippen LogP contribution < -0.4 is 10.1 Å². The summed E-state index contributed by atoms with van der Waals surface area (Å²) in [5, 5.41) is 3.34. The highest BCUT2D eigenvalue weighted by molar-refractivity contribution is 5.97. The van der Waals surface area contributed by atoms with Crippen LogP contribution in [0.25, 0.3) is 0 Å². The third kappa shape index (κ3) is 6.25. The first-order valence-electron chi connectivity index (χ1n) is 9.41. The number of rotatable bonds is 10. The summed E-state index contributed by atoms with van der Waals surface area (Å²) in [4.78, 5) is 14.9. The van der Waals surface area contributed by atoms with E-state index in [2.05, 4.69) is 17.1 Å². The molecule has 1 aliphatic heterocycles. The second-order valence-corrected chi connectivity index (χ2v) is 6.75. The van der Waals surface area contributed by atoms with Crippen molar-refractivity contribution < 1.29 is 9.53 Å². The minimum absolute atomic E-state index is 0.0314. The van der Waals surface area contributed by atoms with Crippen LogP contribution in [-0.2, 0) is 0 Å². The van der Waals surface area contributed by atoms with E-state index < -0.39 is 0 Å². The van der Waals surface area contributed by atoms with Gasteiger partial charge >= 0.3 is 0 Å². The number of carbonyl (C=O) groups is 1. The Labute approximate surface area is 146 Å². The number of carbonyl (C=O) groups excluding carboxylic acids is 1. The van der Waals surface area contributed by atoms with E-state index in [4.69, 9.17) is 4.74 Å². The Morgan fingerprint density at radius 1 is 1.17 bits per heavy atom. The highest BCUT2D eigenvalue weighted by atomic mass is 16.5. The fourth-order valence-corrected chi connectivity index (χ4v) is 3.08. The lowest BCUT2D eigenvalue weighted by Crippen LogP contribution is -2.45. The molecule has 24 heavy (non-hydrogen) atoms. The van der Waals surface area contributed by atoms with Gasteiger partial charge in [-0.1, -0.05) is 33.1 Å². The van der Waals surface area contributed by atoms with E-state index in [-0.39, 0.29) is 11.7 Å². The van der Waals surface area contributed by atoms with Gasteiger partial charge in [-0.25, -0.2) is 0 Å². The molecule has 0 saturated carbocycles. The molecule has 0 aliphatic carbocycles. The number of hydrogen-bond donors (Lipinski definition) is 1. The van der Waals surface area contributed by atoms with Crippen molar-refractivity contribution in [3.63, 3.8) is 0 Å². The second-order valence-electron chi connectivity index (χ2n) is 6.75. The monoisotopic (exact) mass is 332 g/mol. The average Bonchev–Trinajstić information content (AvgIpc) is 2.62. The van der Waals surface area contributed by atoms with Crippen molar-refractivity contribution >= 4 is 5.78 Å². The van der Waals surface area contributed by atoms with Gasteiger partial charge in [0.2, 0.25) is 0 Å². The van der Waals surface area contributed by atoms with Gasteiger partial charge in [0.05, 0.1) is 6.61 Å². The van der Waals surface area contributed by atoms with E-state index in [9.17, 15) is 4.79 Å². The number of Topliss-reactive ketones (excluding diaryl/α,β-unsaturated/α-hetero) is 1. The molecule has 134 valence electrons. The van der Waals surface area contributed by atoms with Gasteiger partial charge in [-0.2, -0.15) is 0 Å². The van der Waals surface area contributed by atoms with Gasteiger partial charge < -0.3 is 15.0 Å². The standard InChI is InChI=1S/C20H32N2O2/c1-3-4-5-6-15-24-19-9-7-18(8-10-19)20(23)17(2)16-22-13-11-21-12-14-22/h7-10,17,21H,3-6,11-16H2,1-2H3. The van der Waals surface area contributed by atoms with E-state index >= 15 is 0 Å². The molecule has 0 bridgehead atoms. The van der Waals surface area contributed by atoms with Crippen LogP contribution in [0.15, 0.2) is 24.3 Å². The average molecular weight is 332 g/mol. The maximum Gasteiger partial charge on any atom is 0.166 e. The van der Waals surface area contributed by atoms with Gasteiger partial charge in [0.25, 0.3) is 0 Å². The molecule has 1 fully saturated rings. The summed E-state index contributed by atoms with van der Waals surface area (Å²) >= 11 is 0. The fourth-order valence-electron chi connectivity index (χ4n) is 3.08. The molecule has 4 heteroatoms. The Kier molecular flexibility index (Phi) is 8.26. The van der Waals surface area contributed by atoms with E-state index in [1.54, 1.807) is 0 Å². The summed E-state index contributed by atoms with van der Waals surface area (Å²) in [6.45, 7) is 9.94. The predicted octanol–water partition coefficient (Wildman–Crippen LogP) is 3.37. The number of piperazine rings is 1. The molecule has 1 saturated heterocycles. The Balaban J connectivity index is 1.77. The summed E-state index contributed by atoms with van der Waals surface area (Å²) in [6, 6.07) is 7.64. The first kappa shape index (κ1) is 18.9. The van der Waals surface area contributed by atoms with Gasteiger partial charge in [-0.05, 0) is 30.7 Å². The molecule has 1 heterocycles. The van der Waals surface area contributed by atoms with Crippen molar-refractivity contribution in [2.24, 2.45) is 5.92 Å². The Morgan fingerprint density at radius 3 is 2.54 bits per heavy atom. The smallest absolute Gasteiger partial charge is 0.166 e. The van der Waals surface area contributed by atoms with Crippen molar-refractivity contribution in [1.29, 1.82) is 0 Å². The molecule has 0 spiro atoms. The van der Waals surface area contributed by atoms with Crippen LogP contribution in [-0.4, -0.2) is 50.0 Å². The number of nitrogens with zero attached hydrogens (tertiary/aromatic N) is 1. The third-order valence-electron chi connectivity index (χ3n) is 4.59. The van der Waals surface area contributed by atoms with Crippen molar-refractivity contribution in [1.82, 2.24) is 10.2 Å². The molecule has 1 aromatic carbocycles. The van der Waals surface area contributed by atoms with E-state index in [0.717, 1.165) is 57.1 Å². The Morgan fingerprint density at radius 2 is 1.88 bits per heavy atom. The molecule has 0 radical (unpaired) electrons. The van der Waals surface area contributed by atoms with Gasteiger partial charge in [0.1, 0.15) is 5.75 Å². The van der Waals surface area contributed by atoms with Crippen LogP contribution in [0.1, 0.15) is 49.9 Å². The zero-order valence-electron chi connectivity index (χ0n) is 15.2. The molecule has 1 aliphatic rings. The molecule has 4 nitrogen and oxygen atoms in total. The lowest BCUT2D eigenvalue weighted by molar-refractivity contribution is 0.0887. The minimum Gasteiger partial charge on any atom is -0.494 e. The summed E-state index contributed by atoms with van der Waals surface area (Å²) in [5.74, 6) is 1.12. The third-order valence-corrected chi connectivity index (χ3v) is 4.59. The Hall–Kier alpha value is -1.39. The second kappa shape index (κ2) is 10.5. The van der Waals surface area contributed by atoms with Crippen molar-refractivity contribution in [3.05, 3.63) is 29.8 Å². The number of unbranched alkanes of at least 4 members (excludes halogenated alkanes) is 3. The van der Waals surface area contributed by atoms with E-state index in [0.29, 0.717) is 0 Å². The predicted molar refractivity (Wildman–Crippen MR) is 98.9 cm³/mol. The summed E-state index contributed by atoms with van der Waals surface area (Å²) < 4.78 is 5.74. The van der Waals surface area contributed by atoms with Gasteiger partial charge in [0.15, 0.2) is 5.78 Å². The summed E-state index contributed by atoms with van der Waals surface area (Å²) in [6.07, 6.45) is 4.82. The Bertz CT molecular complexity index is 481. The zero-order chi connectivity index (χ0) is 17.2. The van der Waals surface area contributed by atoms with Crippen LogP contribution in [0.3, 0.4) is 0 Å². The molecule has 0 aromatic heterocycles. The fraction of sp³-hybridized carbons (Fsp3) is 0.650. The number of hydrogen-bond acceptors (Lipinski definition) is 4. The number of ketones is 1. The van der Waals surface area contributed by atoms with Gasteiger partial charge in [-0.3, -0.25) is 4.79 Å². The zero-order valence-corrected chi connectivity index (χ0v) is 15.2. The highest BCUT2D eigenvalue weighted by Crippen LogP contribution is 2.16. The largest absolute Gasteiger partial charge is 0.494 e. The van der Waals surface area contributed by atoms with Crippen LogP contribution in [0.5, 0.6) is 5.75 Å². The van der Waals surface area contributed by atoms with Crippen LogP contribution in [0, 0.1) is 5.92 Å². The van der Waals surface area contributed by atoms with Gasteiger partial charge in [0, 0.05) is 44.2 Å². The van der Waals surface area contributed by atoms with Crippen LogP contribution >= 0.6 is 0 Å². The highest BCUT2D eigenvalue weighted by Gasteiger charge is 2.19. The first-order valence-corrected chi connectivity index (χ1v) is 9.41. The summed E-state index contributed by atoms with van der Waals surface area (Å²) in [5.41, 5.74) is 0.788. The molecule has 1 aromatic rings. The number of benzene rings is 1. The van der Waals surface area contributed by atoms with Crippen molar-refractivity contribution in [2.75, 3.05) is 39.3 Å². The first-order chi connectivity index (χ1) is 11.7. The number of nitrogens with one attached hydrogen (secondary N) is 1. The summed E-state index contributed by atoms with van der Waals surface area (Å²) in [7, 11) is 0. The molecule has 1 unspecified atom stereocenters. The molecular weight excluding hydrogens is 300 g/mol. The molecule has 1 atom stereocenters. The maximum atomic E-state index is 12.6. The van der Waals surface area contributed by atoms with Gasteiger partial charge in [-0.15, -0.1) is 0 Å². The van der Waals surface area contributed by atoms with Crippen LogP contribution in [0.2, 0.25) is 0 Å². The maximum absolute atomic E-state index is 12.6. The van der Waals surface area contributed by atoms with Crippen molar-refractivity contribution in [2.45, 2.75) is 39.5 Å². The minimum atomic E-state index is 0.0314. The van der Waals surface area contributed by atoms with Crippen LogP contribution in [0.4, 0.5) is 0 Å². The lowest BCUT2D eigenvalue weighted by Gasteiger charge is -2.29. The molecule has 1 N–H and O–H groups in total. The normalized spacial score (nSPS) is 16.8. The molecule has 2 rings (SSSR count). The topological polar surface area (TPSA) is 41.6 Å². The lowest BCUT2D eigenvalue weighted by atomic mass is 9.98.